The van der Waals surface area contributed by atoms with Gasteiger partial charge in [0.15, 0.2) is 0 Å². The Labute approximate surface area is 100 Å². The summed E-state index contributed by atoms with van der Waals surface area (Å²) in [7, 11) is 1.52. The van der Waals surface area contributed by atoms with Crippen molar-refractivity contribution in [2.45, 2.75) is 19.9 Å². The summed E-state index contributed by atoms with van der Waals surface area (Å²) in [6.07, 6.45) is 0. The van der Waals surface area contributed by atoms with E-state index in [-0.39, 0.29) is 11.5 Å². The lowest BCUT2D eigenvalue weighted by atomic mass is 10.0. The van der Waals surface area contributed by atoms with E-state index in [4.69, 9.17) is 5.26 Å². The van der Waals surface area contributed by atoms with Crippen molar-refractivity contribution < 1.29 is 9.18 Å². The molecule has 0 radical (unpaired) electrons. The molecule has 1 aromatic carbocycles. The van der Waals surface area contributed by atoms with Crippen molar-refractivity contribution in [1.29, 1.82) is 5.26 Å². The van der Waals surface area contributed by atoms with Gasteiger partial charge in [0, 0.05) is 7.05 Å². The molecule has 3 nitrogen and oxygen atoms in total. The summed E-state index contributed by atoms with van der Waals surface area (Å²) in [5, 5.41) is 8.99. The second-order valence-electron chi connectivity index (χ2n) is 4.21. The van der Waals surface area contributed by atoms with Crippen molar-refractivity contribution in [1.82, 2.24) is 4.90 Å². The maximum Gasteiger partial charge on any atom is 0.257 e. The number of rotatable bonds is 3. The van der Waals surface area contributed by atoms with E-state index in [0.29, 0.717) is 0 Å². The Bertz CT molecular complexity index is 451. The topological polar surface area (TPSA) is 44.1 Å². The molecule has 0 N–H and O–H groups in total. The number of hydrogen-bond acceptors (Lipinski definition) is 2. The van der Waals surface area contributed by atoms with Gasteiger partial charge in [0.25, 0.3) is 5.91 Å². The highest BCUT2D eigenvalue weighted by atomic mass is 19.1. The van der Waals surface area contributed by atoms with Gasteiger partial charge >= 0.3 is 0 Å². The van der Waals surface area contributed by atoms with Crippen molar-refractivity contribution in [2.75, 3.05) is 7.05 Å². The Morgan fingerprint density at radius 3 is 2.47 bits per heavy atom. The van der Waals surface area contributed by atoms with Gasteiger partial charge in [0.1, 0.15) is 11.9 Å². The first-order valence-corrected chi connectivity index (χ1v) is 5.40. The SMILES string of the molecule is CC(C)C(C#N)N(C)C(=O)c1ccccc1F. The molecule has 0 heterocycles. The van der Waals surface area contributed by atoms with E-state index in [9.17, 15) is 9.18 Å². The second-order valence-corrected chi connectivity index (χ2v) is 4.21. The van der Waals surface area contributed by atoms with Gasteiger partial charge in [0.05, 0.1) is 11.6 Å². The Hall–Kier alpha value is -1.89. The van der Waals surface area contributed by atoms with Crippen molar-refractivity contribution in [2.24, 2.45) is 5.92 Å². The van der Waals surface area contributed by atoms with Crippen LogP contribution in [0.15, 0.2) is 24.3 Å². The van der Waals surface area contributed by atoms with Crippen LogP contribution < -0.4 is 0 Å². The van der Waals surface area contributed by atoms with Crippen LogP contribution in [0.4, 0.5) is 4.39 Å². The lowest BCUT2D eigenvalue weighted by Crippen LogP contribution is -2.39. The highest BCUT2D eigenvalue weighted by molar-refractivity contribution is 5.94. The van der Waals surface area contributed by atoms with Crippen molar-refractivity contribution in [3.8, 4) is 6.07 Å². The maximum absolute atomic E-state index is 13.4. The minimum Gasteiger partial charge on any atom is -0.325 e. The first-order chi connectivity index (χ1) is 7.99. The number of nitriles is 1. The Morgan fingerprint density at radius 2 is 2.00 bits per heavy atom. The number of benzene rings is 1. The van der Waals surface area contributed by atoms with Crippen LogP contribution in [0, 0.1) is 23.1 Å². The molecule has 1 atom stereocenters. The Kier molecular flexibility index (Phi) is 4.22. The molecule has 17 heavy (non-hydrogen) atoms. The van der Waals surface area contributed by atoms with Gasteiger partial charge < -0.3 is 4.90 Å². The van der Waals surface area contributed by atoms with Crippen LogP contribution in [-0.2, 0) is 0 Å². The fourth-order valence-electron chi connectivity index (χ4n) is 1.63. The lowest BCUT2D eigenvalue weighted by Gasteiger charge is -2.25. The molecule has 0 aliphatic carbocycles. The zero-order chi connectivity index (χ0) is 13.0. The summed E-state index contributed by atoms with van der Waals surface area (Å²) in [6.45, 7) is 3.69. The summed E-state index contributed by atoms with van der Waals surface area (Å²) in [6, 6.07) is 7.28. The monoisotopic (exact) mass is 234 g/mol. The van der Waals surface area contributed by atoms with Gasteiger partial charge in [-0.05, 0) is 18.1 Å². The van der Waals surface area contributed by atoms with E-state index in [1.807, 2.05) is 13.8 Å². The van der Waals surface area contributed by atoms with E-state index in [1.165, 1.54) is 30.1 Å². The predicted octanol–water partition coefficient (Wildman–Crippen LogP) is 2.45. The van der Waals surface area contributed by atoms with E-state index >= 15 is 0 Å². The van der Waals surface area contributed by atoms with Crippen LogP contribution in [-0.4, -0.2) is 23.9 Å². The van der Waals surface area contributed by atoms with E-state index < -0.39 is 17.8 Å². The zero-order valence-electron chi connectivity index (χ0n) is 10.1. The smallest absolute Gasteiger partial charge is 0.257 e. The molecule has 0 spiro atoms. The molecule has 0 aromatic heterocycles. The molecule has 1 rings (SSSR count). The zero-order valence-corrected chi connectivity index (χ0v) is 10.1. The molecule has 1 unspecified atom stereocenters. The number of carbonyl (C=O) groups excluding carboxylic acids is 1. The highest BCUT2D eigenvalue weighted by Gasteiger charge is 2.25. The number of hydrogen-bond donors (Lipinski definition) is 0. The molecule has 0 fully saturated rings. The fraction of sp³-hybridized carbons (Fsp3) is 0.385. The molecule has 90 valence electrons. The lowest BCUT2D eigenvalue weighted by molar-refractivity contribution is 0.0731. The Morgan fingerprint density at radius 1 is 1.41 bits per heavy atom. The van der Waals surface area contributed by atoms with E-state index in [2.05, 4.69) is 6.07 Å². The van der Waals surface area contributed by atoms with E-state index in [1.54, 1.807) is 6.07 Å². The Balaban J connectivity index is 2.99. The molecule has 0 saturated carbocycles. The largest absolute Gasteiger partial charge is 0.325 e. The van der Waals surface area contributed by atoms with Gasteiger partial charge in [-0.1, -0.05) is 26.0 Å². The van der Waals surface area contributed by atoms with Crippen LogP contribution in [0.5, 0.6) is 0 Å². The molecule has 4 heteroatoms. The van der Waals surface area contributed by atoms with Crippen molar-refractivity contribution >= 4 is 5.91 Å². The molecule has 0 aliphatic rings. The molecule has 0 bridgehead atoms. The van der Waals surface area contributed by atoms with Crippen LogP contribution in [0.3, 0.4) is 0 Å². The third-order valence-electron chi connectivity index (χ3n) is 2.61. The summed E-state index contributed by atoms with van der Waals surface area (Å²) in [5.74, 6) is -1.03. The maximum atomic E-state index is 13.4. The van der Waals surface area contributed by atoms with E-state index in [0.717, 1.165) is 0 Å². The summed E-state index contributed by atoms with van der Waals surface area (Å²) >= 11 is 0. The molecular weight excluding hydrogens is 219 g/mol. The van der Waals surface area contributed by atoms with Crippen LogP contribution >= 0.6 is 0 Å². The van der Waals surface area contributed by atoms with Crippen LogP contribution in [0.1, 0.15) is 24.2 Å². The first-order valence-electron chi connectivity index (χ1n) is 5.40. The fourth-order valence-corrected chi connectivity index (χ4v) is 1.63. The predicted molar refractivity (Wildman–Crippen MR) is 62.7 cm³/mol. The minimum absolute atomic E-state index is 0.000670. The van der Waals surface area contributed by atoms with Gasteiger partial charge in [-0.15, -0.1) is 0 Å². The molecule has 1 amide bonds. The number of halogens is 1. The van der Waals surface area contributed by atoms with Gasteiger partial charge in [-0.3, -0.25) is 4.79 Å². The average molecular weight is 234 g/mol. The number of nitrogens with zero attached hydrogens (tertiary/aromatic N) is 2. The first kappa shape index (κ1) is 13.2. The van der Waals surface area contributed by atoms with Gasteiger partial charge in [-0.25, -0.2) is 4.39 Å². The van der Waals surface area contributed by atoms with Gasteiger partial charge in [-0.2, -0.15) is 5.26 Å². The third kappa shape index (κ3) is 2.82. The highest BCUT2D eigenvalue weighted by Crippen LogP contribution is 2.14. The normalized spacial score (nSPS) is 12.0. The summed E-state index contributed by atoms with van der Waals surface area (Å²) in [5.41, 5.74) is -0.00380. The summed E-state index contributed by atoms with van der Waals surface area (Å²) in [4.78, 5) is 13.3. The van der Waals surface area contributed by atoms with Crippen LogP contribution in [0.25, 0.3) is 0 Å². The minimum atomic E-state index is -0.565. The number of amides is 1. The van der Waals surface area contributed by atoms with Crippen molar-refractivity contribution in [3.05, 3.63) is 35.6 Å². The average Bonchev–Trinajstić information content (AvgIpc) is 2.29. The second kappa shape index (κ2) is 5.44. The number of carbonyl (C=O) groups is 1. The third-order valence-corrected chi connectivity index (χ3v) is 2.61. The van der Waals surface area contributed by atoms with Crippen LogP contribution in [0.2, 0.25) is 0 Å². The summed E-state index contributed by atoms with van der Waals surface area (Å²) < 4.78 is 13.4. The molecular formula is C13H15FN2O. The quantitative estimate of drug-likeness (QED) is 0.806. The molecule has 0 aliphatic heterocycles. The standard InChI is InChI=1S/C13H15FN2O/c1-9(2)12(8-15)16(3)13(17)10-6-4-5-7-11(10)14/h4-7,9,12H,1-3H3. The molecule has 0 saturated heterocycles. The van der Waals surface area contributed by atoms with Crippen molar-refractivity contribution in [3.63, 3.8) is 0 Å². The molecule has 1 aromatic rings. The van der Waals surface area contributed by atoms with Gasteiger partial charge in [0.2, 0.25) is 0 Å².